The van der Waals surface area contributed by atoms with Crippen LogP contribution in [0.1, 0.15) is 0 Å². The molecule has 8 nitrogen and oxygen atoms in total. The normalized spacial score (nSPS) is 17.3. The Kier molecular flexibility index (Phi) is 6.34. The van der Waals surface area contributed by atoms with Gasteiger partial charge in [0.1, 0.15) is 18.0 Å². The van der Waals surface area contributed by atoms with Crippen LogP contribution in [0.5, 0.6) is 17.2 Å². The first-order valence-corrected chi connectivity index (χ1v) is 11.0. The molecule has 1 aliphatic heterocycles. The monoisotopic (exact) mass is 516 g/mol. The zero-order valence-electron chi connectivity index (χ0n) is 19.3. The first-order valence-electron chi connectivity index (χ1n) is 11.0. The van der Waals surface area contributed by atoms with Gasteiger partial charge >= 0.3 is 0 Å². The molecule has 12 heteroatoms. The van der Waals surface area contributed by atoms with E-state index in [0.717, 1.165) is 12.1 Å². The molecule has 2 aromatic heterocycles. The Hall–Kier alpha value is -4.32. The molecule has 1 atom stereocenters. The van der Waals surface area contributed by atoms with Crippen LogP contribution in [0.15, 0.2) is 53.8 Å². The minimum atomic E-state index is -2.01. The summed E-state index contributed by atoms with van der Waals surface area (Å²) in [6.45, 7) is -1.61. The van der Waals surface area contributed by atoms with Crippen molar-refractivity contribution in [3.8, 4) is 28.4 Å². The summed E-state index contributed by atoms with van der Waals surface area (Å²) >= 11 is 0. The quantitative estimate of drug-likeness (QED) is 0.314. The number of nitrogens with one attached hydrogen (secondary N) is 2. The zero-order valence-corrected chi connectivity index (χ0v) is 19.3. The van der Waals surface area contributed by atoms with E-state index >= 15 is 0 Å². The highest BCUT2D eigenvalue weighted by atomic mass is 19.1. The van der Waals surface area contributed by atoms with Crippen LogP contribution in [0.2, 0.25) is 0 Å². The average Bonchev–Trinajstić information content (AvgIpc) is 3.33. The molecule has 0 saturated carbocycles. The van der Waals surface area contributed by atoms with E-state index in [1.165, 1.54) is 37.7 Å². The molecule has 0 aliphatic carbocycles. The third-order valence-corrected chi connectivity index (χ3v) is 5.73. The number of H-pyrrole nitrogens is 1. The van der Waals surface area contributed by atoms with E-state index in [1.807, 2.05) is 0 Å². The number of hydrogen-bond acceptors (Lipinski definition) is 7. The summed E-state index contributed by atoms with van der Waals surface area (Å²) in [4.78, 5) is 10.9. The van der Waals surface area contributed by atoms with Crippen molar-refractivity contribution in [2.45, 2.75) is 5.67 Å². The van der Waals surface area contributed by atoms with Gasteiger partial charge in [-0.2, -0.15) is 0 Å². The highest BCUT2D eigenvalue weighted by molar-refractivity contribution is 5.98. The van der Waals surface area contributed by atoms with Crippen LogP contribution in [0, 0.1) is 17.5 Å². The van der Waals surface area contributed by atoms with E-state index < -0.39 is 42.1 Å². The van der Waals surface area contributed by atoms with Gasteiger partial charge in [0, 0.05) is 41.3 Å². The van der Waals surface area contributed by atoms with Gasteiger partial charge in [-0.25, -0.2) is 27.5 Å². The van der Waals surface area contributed by atoms with Crippen molar-refractivity contribution in [3.63, 3.8) is 0 Å². The number of halogens is 4. The van der Waals surface area contributed by atoms with Gasteiger partial charge < -0.3 is 29.6 Å². The summed E-state index contributed by atoms with van der Waals surface area (Å²) in [6, 6.07) is 7.75. The molecule has 192 valence electrons. The number of hydrogen-bond donors (Lipinski definition) is 3. The number of aliphatic hydroxyl groups excluding tert-OH is 1. The van der Waals surface area contributed by atoms with Crippen molar-refractivity contribution in [3.05, 3.63) is 66.2 Å². The molecule has 0 unspecified atom stereocenters. The number of fused-ring (bicyclic) bond motifs is 1. The molecule has 0 saturated heterocycles. The molecule has 5 rings (SSSR count). The molecule has 0 spiro atoms. The smallest absolute Gasteiger partial charge is 0.289 e. The van der Waals surface area contributed by atoms with Gasteiger partial charge in [0.2, 0.25) is 0 Å². The fourth-order valence-electron chi connectivity index (χ4n) is 3.84. The minimum Gasteiger partial charge on any atom is -0.494 e. The summed E-state index contributed by atoms with van der Waals surface area (Å²) in [5, 5.41) is 11.9. The molecule has 3 heterocycles. The minimum absolute atomic E-state index is 0.0264. The lowest BCUT2D eigenvalue weighted by atomic mass is 10.0. The number of aromatic amines is 1. The molecule has 4 aromatic rings. The largest absolute Gasteiger partial charge is 0.494 e. The summed E-state index contributed by atoms with van der Waals surface area (Å²) in [5.41, 5.74) is -1.23. The molecule has 0 fully saturated rings. The average molecular weight is 516 g/mol. The van der Waals surface area contributed by atoms with E-state index in [0.29, 0.717) is 16.6 Å². The van der Waals surface area contributed by atoms with Crippen LogP contribution in [-0.2, 0) is 4.74 Å². The summed E-state index contributed by atoms with van der Waals surface area (Å²) in [7, 11) is 1.34. The molecule has 0 radical (unpaired) electrons. The van der Waals surface area contributed by atoms with Gasteiger partial charge in [0.05, 0.1) is 25.6 Å². The van der Waals surface area contributed by atoms with E-state index in [2.05, 4.69) is 20.3 Å². The van der Waals surface area contributed by atoms with Crippen LogP contribution < -0.4 is 14.8 Å². The fraction of sp³-hybridized carbons (Fsp3) is 0.200. The molecule has 2 aromatic carbocycles. The Morgan fingerprint density at radius 3 is 2.59 bits per heavy atom. The van der Waals surface area contributed by atoms with Crippen molar-refractivity contribution < 1.29 is 36.9 Å². The highest BCUT2D eigenvalue weighted by Gasteiger charge is 2.34. The van der Waals surface area contributed by atoms with Crippen LogP contribution in [0.25, 0.3) is 22.2 Å². The summed E-state index contributed by atoms with van der Waals surface area (Å²) < 4.78 is 74.7. The van der Waals surface area contributed by atoms with Crippen LogP contribution in [-0.4, -0.2) is 53.6 Å². The zero-order chi connectivity index (χ0) is 26.2. The number of methoxy groups -OCH3 is 1. The second-order valence-corrected chi connectivity index (χ2v) is 8.27. The first kappa shape index (κ1) is 24.4. The predicted molar refractivity (Wildman–Crippen MR) is 127 cm³/mol. The van der Waals surface area contributed by atoms with Gasteiger partial charge in [0.15, 0.2) is 34.6 Å². The lowest BCUT2D eigenvalue weighted by Gasteiger charge is -2.26. The Morgan fingerprint density at radius 1 is 1.14 bits per heavy atom. The Morgan fingerprint density at radius 2 is 1.92 bits per heavy atom. The van der Waals surface area contributed by atoms with Crippen molar-refractivity contribution in [2.75, 3.05) is 32.2 Å². The molecule has 0 amide bonds. The maximum absolute atomic E-state index is 15.0. The van der Waals surface area contributed by atoms with Gasteiger partial charge in [0.25, 0.3) is 6.02 Å². The number of rotatable bonds is 6. The lowest BCUT2D eigenvalue weighted by molar-refractivity contribution is 0.0181. The Bertz CT molecular complexity index is 1490. The third kappa shape index (κ3) is 4.62. The number of ether oxygens (including phenoxy) is 3. The summed E-state index contributed by atoms with van der Waals surface area (Å²) in [5.74, 6) is -3.37. The highest BCUT2D eigenvalue weighted by Crippen LogP contribution is 2.40. The van der Waals surface area contributed by atoms with Crippen molar-refractivity contribution in [2.24, 2.45) is 4.99 Å². The van der Waals surface area contributed by atoms with Gasteiger partial charge in [-0.1, -0.05) is 12.1 Å². The first-order chi connectivity index (χ1) is 17.8. The van der Waals surface area contributed by atoms with Gasteiger partial charge in [-0.15, -0.1) is 0 Å². The van der Waals surface area contributed by atoms with E-state index in [9.17, 15) is 17.6 Å². The molecular formula is C25H20F4N4O4. The van der Waals surface area contributed by atoms with Crippen molar-refractivity contribution >= 4 is 22.7 Å². The number of alkyl halides is 1. The maximum Gasteiger partial charge on any atom is 0.289 e. The number of amidine groups is 1. The van der Waals surface area contributed by atoms with Crippen LogP contribution in [0.4, 0.5) is 23.2 Å². The van der Waals surface area contributed by atoms with E-state index in [4.69, 9.17) is 19.3 Å². The number of aliphatic hydroxyl groups is 1. The van der Waals surface area contributed by atoms with Crippen molar-refractivity contribution in [1.29, 1.82) is 0 Å². The second-order valence-electron chi connectivity index (χ2n) is 8.27. The van der Waals surface area contributed by atoms with E-state index in [1.54, 1.807) is 6.07 Å². The van der Waals surface area contributed by atoms with Gasteiger partial charge in [-0.05, 0) is 12.1 Å². The predicted octanol–water partition coefficient (Wildman–Crippen LogP) is 4.95. The molecule has 3 N–H and O–H groups in total. The molecule has 1 aliphatic rings. The Labute approximate surface area is 207 Å². The number of aromatic nitrogens is 2. The summed E-state index contributed by atoms with van der Waals surface area (Å²) in [6.07, 6.45) is 2.89. The van der Waals surface area contributed by atoms with Crippen molar-refractivity contribution in [1.82, 2.24) is 9.97 Å². The maximum atomic E-state index is 15.0. The molecule has 37 heavy (non-hydrogen) atoms. The van der Waals surface area contributed by atoms with Crippen LogP contribution >= 0.6 is 0 Å². The number of anilines is 1. The number of pyridine rings is 1. The SMILES string of the molecule is COc1cccc(-c2c[nH]c3nccc(Oc4c(F)cc(NC5=NC[C@@](F)(CO)CO5)cc4F)c23)c1F. The lowest BCUT2D eigenvalue weighted by Crippen LogP contribution is -2.43. The number of aliphatic imine (C=N–C) groups is 1. The van der Waals surface area contributed by atoms with E-state index in [-0.39, 0.29) is 35.3 Å². The standard InChI is InChI=1S/C25H20F4N4O4/c1-35-19-4-2-3-14(21(19)28)15-9-31-23-20(15)18(5-6-30-23)37-22-16(26)7-13(8-17(22)27)33-24-32-10-25(29,11-34)12-36-24/h2-9,34H,10-12H2,1H3,(H,30,31)(H,32,33)/t25-/m1/s1. The Balaban J connectivity index is 1.46. The second kappa shape index (κ2) is 9.62. The molecular weight excluding hydrogens is 496 g/mol. The van der Waals surface area contributed by atoms with Gasteiger partial charge in [-0.3, -0.25) is 0 Å². The molecule has 0 bridgehead atoms. The topological polar surface area (TPSA) is 101 Å². The van der Waals surface area contributed by atoms with Crippen LogP contribution in [0.3, 0.4) is 0 Å². The number of benzene rings is 2. The number of nitrogens with zero attached hydrogens (tertiary/aromatic N) is 2. The fourth-order valence-corrected chi connectivity index (χ4v) is 3.84. The third-order valence-electron chi connectivity index (χ3n) is 5.73.